The van der Waals surface area contributed by atoms with Crippen LogP contribution >= 0.6 is 11.8 Å². The lowest BCUT2D eigenvalue weighted by atomic mass is 10.1. The van der Waals surface area contributed by atoms with Crippen molar-refractivity contribution in [3.63, 3.8) is 0 Å². The number of aryl methyl sites for hydroxylation is 2. The zero-order valence-electron chi connectivity index (χ0n) is 19.5. The molecule has 1 amide bonds. The lowest BCUT2D eigenvalue weighted by Crippen LogP contribution is -2.40. The molecule has 3 aromatic carbocycles. The summed E-state index contributed by atoms with van der Waals surface area (Å²) in [5, 5.41) is 4.01. The Bertz CT molecular complexity index is 1310. The van der Waals surface area contributed by atoms with Gasteiger partial charge in [0.25, 0.3) is 15.9 Å². The number of benzene rings is 3. The van der Waals surface area contributed by atoms with Crippen LogP contribution < -0.4 is 14.5 Å². The number of nitrogens with one attached hydrogen (secondary N) is 1. The van der Waals surface area contributed by atoms with E-state index in [1.165, 1.54) is 18.3 Å². The summed E-state index contributed by atoms with van der Waals surface area (Å²) in [5.74, 6) is 2.26. The lowest BCUT2D eigenvalue weighted by Gasteiger charge is -2.25. The van der Waals surface area contributed by atoms with Gasteiger partial charge in [0.15, 0.2) is 0 Å². The number of nitrogens with zero attached hydrogens (tertiary/aromatic N) is 2. The van der Waals surface area contributed by atoms with Crippen molar-refractivity contribution in [2.75, 3.05) is 22.4 Å². The van der Waals surface area contributed by atoms with Gasteiger partial charge < -0.3 is 4.74 Å². The molecule has 0 aromatic heterocycles. The molecule has 9 heteroatoms. The van der Waals surface area contributed by atoms with Gasteiger partial charge in [-0.1, -0.05) is 35.9 Å². The second kappa shape index (κ2) is 11.0. The van der Waals surface area contributed by atoms with Gasteiger partial charge in [-0.3, -0.25) is 9.10 Å². The van der Waals surface area contributed by atoms with Gasteiger partial charge in [0.1, 0.15) is 18.4 Å². The van der Waals surface area contributed by atoms with Gasteiger partial charge in [0.2, 0.25) is 0 Å². The number of anilines is 1. The van der Waals surface area contributed by atoms with E-state index in [0.717, 1.165) is 38.3 Å². The molecular formula is C26H27N3O4S2. The quantitative estimate of drug-likeness (QED) is 0.346. The van der Waals surface area contributed by atoms with Crippen molar-refractivity contribution in [1.82, 2.24) is 5.43 Å². The molecule has 1 N–H and O–H groups in total. The second-order valence-corrected chi connectivity index (χ2v) is 11.2. The molecule has 1 aliphatic rings. The average Bonchev–Trinajstić information content (AvgIpc) is 2.82. The summed E-state index contributed by atoms with van der Waals surface area (Å²) in [4.78, 5) is 12.8. The first-order valence-electron chi connectivity index (χ1n) is 11.1. The van der Waals surface area contributed by atoms with Gasteiger partial charge in [-0.25, -0.2) is 13.8 Å². The van der Waals surface area contributed by atoms with Gasteiger partial charge in [-0.15, -0.1) is 0 Å². The minimum atomic E-state index is -3.97. The monoisotopic (exact) mass is 509 g/mol. The van der Waals surface area contributed by atoms with E-state index < -0.39 is 22.5 Å². The van der Waals surface area contributed by atoms with Crippen molar-refractivity contribution < 1.29 is 17.9 Å². The number of thioether (sulfide) groups is 1. The molecule has 3 aromatic rings. The molecule has 1 saturated heterocycles. The van der Waals surface area contributed by atoms with Crippen molar-refractivity contribution in [1.29, 1.82) is 0 Å². The minimum absolute atomic E-state index is 0.110. The van der Waals surface area contributed by atoms with E-state index in [-0.39, 0.29) is 11.0 Å². The lowest BCUT2D eigenvalue weighted by molar-refractivity contribution is -0.119. The summed E-state index contributed by atoms with van der Waals surface area (Å²) in [5.41, 5.74) is 5.42. The number of carbonyl (C=O) groups excluding carboxylic acids is 1. The molecule has 0 aliphatic carbocycles. The summed E-state index contributed by atoms with van der Waals surface area (Å²) in [7, 11) is -3.97. The van der Waals surface area contributed by atoms with Gasteiger partial charge in [-0.05, 0) is 67.4 Å². The Morgan fingerprint density at radius 2 is 1.80 bits per heavy atom. The number of ether oxygens (including phenoxy) is 1. The van der Waals surface area contributed by atoms with Crippen molar-refractivity contribution in [3.05, 3.63) is 89.5 Å². The third-order valence-electron chi connectivity index (χ3n) is 5.43. The Kier molecular flexibility index (Phi) is 7.77. The zero-order chi connectivity index (χ0) is 24.8. The van der Waals surface area contributed by atoms with E-state index in [0.29, 0.717) is 5.69 Å². The van der Waals surface area contributed by atoms with E-state index in [2.05, 4.69) is 10.5 Å². The minimum Gasteiger partial charge on any atom is -0.489 e. The first-order chi connectivity index (χ1) is 16.8. The Hall–Kier alpha value is -3.30. The molecule has 1 fully saturated rings. The van der Waals surface area contributed by atoms with Crippen LogP contribution in [0.5, 0.6) is 5.75 Å². The maximum atomic E-state index is 13.4. The van der Waals surface area contributed by atoms with Crippen LogP contribution in [-0.4, -0.2) is 44.7 Å². The largest absolute Gasteiger partial charge is 0.489 e. The molecule has 7 nitrogen and oxygen atoms in total. The molecule has 35 heavy (non-hydrogen) atoms. The van der Waals surface area contributed by atoms with Crippen LogP contribution in [0.15, 0.2) is 82.8 Å². The Morgan fingerprint density at radius 1 is 1.09 bits per heavy atom. The first-order valence-corrected chi connectivity index (χ1v) is 13.7. The fraction of sp³-hybridized carbons (Fsp3) is 0.231. The molecular weight excluding hydrogens is 482 g/mol. The SMILES string of the molecule is Cc1ccc(N(CC(=O)N/N=C/c2ccc(OC3CSC3)cc2)S(=O)(=O)c2ccccc2)c(C)c1. The number of hydrogen-bond donors (Lipinski definition) is 1. The summed E-state index contributed by atoms with van der Waals surface area (Å²) in [6.45, 7) is 3.34. The predicted octanol–water partition coefficient (Wildman–Crippen LogP) is 4.14. The van der Waals surface area contributed by atoms with Gasteiger partial charge in [0.05, 0.1) is 16.8 Å². The van der Waals surface area contributed by atoms with Crippen LogP contribution in [0, 0.1) is 13.8 Å². The molecule has 0 saturated carbocycles. The van der Waals surface area contributed by atoms with E-state index in [9.17, 15) is 13.2 Å². The van der Waals surface area contributed by atoms with E-state index in [4.69, 9.17) is 4.74 Å². The van der Waals surface area contributed by atoms with Gasteiger partial charge >= 0.3 is 0 Å². The maximum absolute atomic E-state index is 13.4. The van der Waals surface area contributed by atoms with Crippen LogP contribution in [0.4, 0.5) is 5.69 Å². The standard InChI is InChI=1S/C26H27N3O4S2/c1-19-8-13-25(20(2)14-19)29(35(31,32)24-6-4-3-5-7-24)16-26(30)28-27-15-21-9-11-22(12-10-21)33-23-17-34-18-23/h3-15,23H,16-18H2,1-2H3,(H,28,30)/b27-15+. The second-order valence-electron chi connectivity index (χ2n) is 8.25. The number of rotatable bonds is 9. The van der Waals surface area contributed by atoms with Crippen molar-refractivity contribution in [2.45, 2.75) is 24.8 Å². The van der Waals surface area contributed by atoms with Gasteiger partial charge in [0, 0.05) is 11.5 Å². The van der Waals surface area contributed by atoms with Crippen LogP contribution in [-0.2, 0) is 14.8 Å². The highest BCUT2D eigenvalue weighted by Gasteiger charge is 2.28. The summed E-state index contributed by atoms with van der Waals surface area (Å²) in [6.07, 6.45) is 1.78. The molecule has 1 aliphatic heterocycles. The predicted molar refractivity (Wildman–Crippen MR) is 141 cm³/mol. The Labute approximate surface area is 210 Å². The van der Waals surface area contributed by atoms with E-state index in [1.54, 1.807) is 24.3 Å². The van der Waals surface area contributed by atoms with Crippen LogP contribution in [0.3, 0.4) is 0 Å². The topological polar surface area (TPSA) is 88.1 Å². The van der Waals surface area contributed by atoms with Crippen LogP contribution in [0.25, 0.3) is 0 Å². The fourth-order valence-corrected chi connectivity index (χ4v) is 5.63. The number of carbonyl (C=O) groups is 1. The Balaban J connectivity index is 1.47. The average molecular weight is 510 g/mol. The number of hydrogen-bond acceptors (Lipinski definition) is 6. The number of amides is 1. The Morgan fingerprint density at radius 3 is 2.43 bits per heavy atom. The molecule has 1 heterocycles. The van der Waals surface area contributed by atoms with Crippen molar-refractivity contribution >= 4 is 39.6 Å². The molecule has 0 spiro atoms. The van der Waals surface area contributed by atoms with Crippen LogP contribution in [0.2, 0.25) is 0 Å². The molecule has 182 valence electrons. The fourth-order valence-electron chi connectivity index (χ4n) is 3.56. The first kappa shape index (κ1) is 24.8. The highest BCUT2D eigenvalue weighted by Crippen LogP contribution is 2.27. The molecule has 0 radical (unpaired) electrons. The molecule has 0 bridgehead atoms. The third kappa shape index (κ3) is 6.23. The molecule has 0 atom stereocenters. The molecule has 4 rings (SSSR count). The third-order valence-corrected chi connectivity index (χ3v) is 8.42. The number of hydrazone groups is 1. The molecule has 0 unspecified atom stereocenters. The summed E-state index contributed by atoms with van der Waals surface area (Å²) < 4.78 is 33.8. The van der Waals surface area contributed by atoms with Gasteiger partial charge in [-0.2, -0.15) is 16.9 Å². The van der Waals surface area contributed by atoms with E-state index >= 15 is 0 Å². The van der Waals surface area contributed by atoms with Crippen LogP contribution in [0.1, 0.15) is 16.7 Å². The zero-order valence-corrected chi connectivity index (χ0v) is 21.2. The maximum Gasteiger partial charge on any atom is 0.264 e. The highest BCUT2D eigenvalue weighted by atomic mass is 32.2. The van der Waals surface area contributed by atoms with Crippen molar-refractivity contribution in [2.24, 2.45) is 5.10 Å². The normalized spacial score (nSPS) is 13.9. The smallest absolute Gasteiger partial charge is 0.264 e. The number of sulfonamides is 1. The summed E-state index contributed by atoms with van der Waals surface area (Å²) in [6, 6.07) is 20.9. The van der Waals surface area contributed by atoms with Crippen molar-refractivity contribution in [3.8, 4) is 5.75 Å². The summed E-state index contributed by atoms with van der Waals surface area (Å²) >= 11 is 1.86. The van der Waals surface area contributed by atoms with E-state index in [1.807, 2.05) is 62.0 Å². The highest BCUT2D eigenvalue weighted by molar-refractivity contribution is 8.00.